The summed E-state index contributed by atoms with van der Waals surface area (Å²) in [6.45, 7) is 2.90. The molecular weight excluding hydrogens is 278 g/mol. The van der Waals surface area contributed by atoms with Crippen LogP contribution in [0.4, 0.5) is 0 Å². The van der Waals surface area contributed by atoms with E-state index in [4.69, 9.17) is 10.5 Å². The zero-order chi connectivity index (χ0) is 14.7. The molecule has 0 bridgehead atoms. The standard InChI is InChI=1S/C18H19NOS/c1-13(9-11-19)18-17(10-12-21-18)20-16-8-4-6-14-5-2-3-7-15(14)16/h2-8,10,12-13H,9,11,19H2,1H3. The first-order valence-electron chi connectivity index (χ1n) is 7.22. The Bertz CT molecular complexity index is 729. The Labute approximate surface area is 129 Å². The Morgan fingerprint density at radius 1 is 1.05 bits per heavy atom. The highest BCUT2D eigenvalue weighted by atomic mass is 32.1. The van der Waals surface area contributed by atoms with Gasteiger partial charge in [0.15, 0.2) is 0 Å². The highest BCUT2D eigenvalue weighted by Gasteiger charge is 2.14. The Kier molecular flexibility index (Phi) is 4.23. The van der Waals surface area contributed by atoms with Crippen LogP contribution in [0.1, 0.15) is 24.1 Å². The van der Waals surface area contributed by atoms with Crippen molar-refractivity contribution >= 4 is 22.1 Å². The molecule has 2 nitrogen and oxygen atoms in total. The van der Waals surface area contributed by atoms with Crippen LogP contribution in [0, 0.1) is 0 Å². The van der Waals surface area contributed by atoms with Gasteiger partial charge < -0.3 is 10.5 Å². The summed E-state index contributed by atoms with van der Waals surface area (Å²) in [5, 5.41) is 4.42. The zero-order valence-corrected chi connectivity index (χ0v) is 12.9. The molecule has 1 atom stereocenters. The van der Waals surface area contributed by atoms with Gasteiger partial charge in [-0.1, -0.05) is 43.3 Å². The number of fused-ring (bicyclic) bond motifs is 1. The van der Waals surface area contributed by atoms with Gasteiger partial charge in [0.1, 0.15) is 11.5 Å². The fourth-order valence-corrected chi connectivity index (χ4v) is 3.45. The van der Waals surface area contributed by atoms with Crippen molar-refractivity contribution in [2.75, 3.05) is 6.54 Å². The van der Waals surface area contributed by atoms with Gasteiger partial charge in [-0.2, -0.15) is 0 Å². The fraction of sp³-hybridized carbons (Fsp3) is 0.222. The van der Waals surface area contributed by atoms with Crippen LogP contribution in [0.2, 0.25) is 0 Å². The molecule has 0 aliphatic carbocycles. The monoisotopic (exact) mass is 297 g/mol. The molecule has 108 valence electrons. The van der Waals surface area contributed by atoms with Crippen LogP contribution in [0.25, 0.3) is 10.8 Å². The molecule has 0 amide bonds. The number of hydrogen-bond acceptors (Lipinski definition) is 3. The quantitative estimate of drug-likeness (QED) is 0.707. The van der Waals surface area contributed by atoms with Gasteiger partial charge in [-0.3, -0.25) is 0 Å². The largest absolute Gasteiger partial charge is 0.456 e. The molecule has 3 heteroatoms. The molecule has 3 rings (SSSR count). The molecule has 0 aliphatic rings. The molecule has 0 fully saturated rings. The maximum Gasteiger partial charge on any atom is 0.141 e. The summed E-state index contributed by atoms with van der Waals surface area (Å²) in [5.41, 5.74) is 5.68. The SMILES string of the molecule is CC(CCN)c1sccc1Oc1cccc2ccccc12. The lowest BCUT2D eigenvalue weighted by Gasteiger charge is -2.13. The van der Waals surface area contributed by atoms with Crippen molar-refractivity contribution in [1.82, 2.24) is 0 Å². The molecule has 1 unspecified atom stereocenters. The summed E-state index contributed by atoms with van der Waals surface area (Å²) in [7, 11) is 0. The summed E-state index contributed by atoms with van der Waals surface area (Å²) < 4.78 is 6.20. The highest BCUT2D eigenvalue weighted by Crippen LogP contribution is 2.38. The van der Waals surface area contributed by atoms with E-state index in [9.17, 15) is 0 Å². The van der Waals surface area contributed by atoms with Crippen molar-refractivity contribution in [3.05, 3.63) is 58.8 Å². The number of benzene rings is 2. The average Bonchev–Trinajstić information content (AvgIpc) is 2.96. The molecule has 2 N–H and O–H groups in total. The van der Waals surface area contributed by atoms with E-state index in [2.05, 4.69) is 36.6 Å². The zero-order valence-electron chi connectivity index (χ0n) is 12.1. The molecule has 0 saturated carbocycles. The first-order chi connectivity index (χ1) is 10.3. The molecular formula is C18H19NOS. The maximum absolute atomic E-state index is 6.20. The number of ether oxygens (including phenoxy) is 1. The molecule has 0 saturated heterocycles. The van der Waals surface area contributed by atoms with E-state index in [1.54, 1.807) is 11.3 Å². The van der Waals surface area contributed by atoms with Crippen molar-refractivity contribution in [2.24, 2.45) is 5.73 Å². The van der Waals surface area contributed by atoms with E-state index in [0.29, 0.717) is 12.5 Å². The Morgan fingerprint density at radius 3 is 2.71 bits per heavy atom. The molecule has 21 heavy (non-hydrogen) atoms. The second-order valence-corrected chi connectivity index (χ2v) is 6.15. The van der Waals surface area contributed by atoms with Crippen LogP contribution in [-0.4, -0.2) is 6.54 Å². The predicted molar refractivity (Wildman–Crippen MR) is 90.4 cm³/mol. The van der Waals surface area contributed by atoms with E-state index in [0.717, 1.165) is 23.3 Å². The van der Waals surface area contributed by atoms with E-state index < -0.39 is 0 Å². The van der Waals surface area contributed by atoms with E-state index >= 15 is 0 Å². The Balaban J connectivity index is 1.94. The number of nitrogens with two attached hydrogens (primary N) is 1. The second kappa shape index (κ2) is 6.29. The fourth-order valence-electron chi connectivity index (χ4n) is 2.54. The van der Waals surface area contributed by atoms with Gasteiger partial charge in [-0.25, -0.2) is 0 Å². The van der Waals surface area contributed by atoms with Crippen molar-refractivity contribution in [3.8, 4) is 11.5 Å². The number of rotatable bonds is 5. The third-order valence-corrected chi connectivity index (χ3v) is 4.80. The minimum atomic E-state index is 0.431. The van der Waals surface area contributed by atoms with Gasteiger partial charge in [0.2, 0.25) is 0 Å². The molecule has 1 aromatic heterocycles. The summed E-state index contributed by atoms with van der Waals surface area (Å²) in [4.78, 5) is 1.27. The van der Waals surface area contributed by atoms with Crippen LogP contribution in [-0.2, 0) is 0 Å². The average molecular weight is 297 g/mol. The van der Waals surface area contributed by atoms with Crippen LogP contribution in [0.3, 0.4) is 0 Å². The molecule has 3 aromatic rings. The summed E-state index contributed by atoms with van der Waals surface area (Å²) in [6.07, 6.45) is 0.979. The van der Waals surface area contributed by atoms with Gasteiger partial charge in [-0.15, -0.1) is 11.3 Å². The predicted octanol–water partition coefficient (Wildman–Crippen LogP) is 5.15. The van der Waals surface area contributed by atoms with Crippen LogP contribution >= 0.6 is 11.3 Å². The second-order valence-electron chi connectivity index (χ2n) is 5.21. The topological polar surface area (TPSA) is 35.2 Å². The Morgan fingerprint density at radius 2 is 1.86 bits per heavy atom. The lowest BCUT2D eigenvalue weighted by Crippen LogP contribution is -2.04. The van der Waals surface area contributed by atoms with Gasteiger partial charge in [0, 0.05) is 5.39 Å². The molecule has 2 aromatic carbocycles. The molecule has 1 heterocycles. The highest BCUT2D eigenvalue weighted by molar-refractivity contribution is 7.10. The maximum atomic E-state index is 6.20. The van der Waals surface area contributed by atoms with Gasteiger partial charge in [0.25, 0.3) is 0 Å². The van der Waals surface area contributed by atoms with Gasteiger partial charge in [-0.05, 0) is 41.8 Å². The lowest BCUT2D eigenvalue weighted by atomic mass is 10.1. The van der Waals surface area contributed by atoms with Crippen LogP contribution in [0.15, 0.2) is 53.9 Å². The molecule has 0 spiro atoms. The minimum absolute atomic E-state index is 0.431. The summed E-state index contributed by atoms with van der Waals surface area (Å²) in [5.74, 6) is 2.30. The third kappa shape index (κ3) is 2.94. The lowest BCUT2D eigenvalue weighted by molar-refractivity contribution is 0.479. The molecule has 0 aliphatic heterocycles. The number of thiophene rings is 1. The van der Waals surface area contributed by atoms with Crippen molar-refractivity contribution < 1.29 is 4.74 Å². The van der Waals surface area contributed by atoms with Crippen LogP contribution in [0.5, 0.6) is 11.5 Å². The van der Waals surface area contributed by atoms with Gasteiger partial charge >= 0.3 is 0 Å². The third-order valence-electron chi connectivity index (χ3n) is 3.67. The molecule has 0 radical (unpaired) electrons. The summed E-state index contributed by atoms with van der Waals surface area (Å²) in [6, 6.07) is 16.5. The normalized spacial score (nSPS) is 12.5. The minimum Gasteiger partial charge on any atom is -0.456 e. The van der Waals surface area contributed by atoms with E-state index in [1.165, 1.54) is 10.3 Å². The van der Waals surface area contributed by atoms with Gasteiger partial charge in [0.05, 0.1) is 4.88 Å². The van der Waals surface area contributed by atoms with Crippen molar-refractivity contribution in [1.29, 1.82) is 0 Å². The van der Waals surface area contributed by atoms with E-state index in [1.807, 2.05) is 24.3 Å². The Hall–Kier alpha value is -1.84. The summed E-state index contributed by atoms with van der Waals surface area (Å²) >= 11 is 1.74. The van der Waals surface area contributed by atoms with Crippen molar-refractivity contribution in [3.63, 3.8) is 0 Å². The van der Waals surface area contributed by atoms with Crippen LogP contribution < -0.4 is 10.5 Å². The first-order valence-corrected chi connectivity index (χ1v) is 8.10. The first kappa shape index (κ1) is 14.1. The number of hydrogen-bond donors (Lipinski definition) is 1. The van der Waals surface area contributed by atoms with Crippen molar-refractivity contribution in [2.45, 2.75) is 19.3 Å². The van der Waals surface area contributed by atoms with E-state index in [-0.39, 0.29) is 0 Å². The smallest absolute Gasteiger partial charge is 0.141 e.